The predicted molar refractivity (Wildman–Crippen MR) is 136 cm³/mol. The molecule has 1 fully saturated rings. The highest BCUT2D eigenvalue weighted by atomic mass is 32.2. The Morgan fingerprint density at radius 3 is 2.39 bits per heavy atom. The topological polar surface area (TPSA) is 99.2 Å². The van der Waals surface area contributed by atoms with Crippen LogP contribution < -0.4 is 9.46 Å². The molecule has 8 nitrogen and oxygen atoms in total. The zero-order valence-electron chi connectivity index (χ0n) is 21.1. The number of likely N-dealkylation sites (N-methyl/N-ethyl adjacent to an activating group) is 1. The molecule has 208 valence electrons. The number of likely N-dealkylation sites (tertiary alicyclic amines) is 1. The number of benzene rings is 2. The monoisotopic (exact) mass is 555 g/mol. The zero-order valence-corrected chi connectivity index (χ0v) is 21.9. The van der Waals surface area contributed by atoms with E-state index < -0.39 is 28.2 Å². The second-order valence-corrected chi connectivity index (χ2v) is 11.5. The van der Waals surface area contributed by atoms with Crippen molar-refractivity contribution in [2.75, 3.05) is 30.9 Å². The van der Waals surface area contributed by atoms with Gasteiger partial charge in [0.2, 0.25) is 0 Å². The Morgan fingerprint density at radius 1 is 1.11 bits per heavy atom. The third-order valence-corrected chi connectivity index (χ3v) is 8.73. The number of nitrogens with one attached hydrogen (secondary N) is 1. The summed E-state index contributed by atoms with van der Waals surface area (Å²) < 4.78 is 69.2. The summed E-state index contributed by atoms with van der Waals surface area (Å²) in [6.07, 6.45) is -1.38. The third kappa shape index (κ3) is 7.10. The number of anilines is 1. The number of fused-ring (bicyclic) bond motifs is 1. The summed E-state index contributed by atoms with van der Waals surface area (Å²) in [5, 5.41) is 9.19. The van der Waals surface area contributed by atoms with Crippen LogP contribution in [0.25, 0.3) is 0 Å². The molecule has 38 heavy (non-hydrogen) atoms. The van der Waals surface area contributed by atoms with Gasteiger partial charge in [-0.05, 0) is 92.1 Å². The maximum atomic E-state index is 12.8. The molecule has 0 spiro atoms. The molecule has 0 saturated carbocycles. The molecular weight excluding hydrogens is 523 g/mol. The maximum absolute atomic E-state index is 12.8. The summed E-state index contributed by atoms with van der Waals surface area (Å²) in [6.45, 7) is 5.03. The fraction of sp³-hybridized carbons (Fsp3) is 0.500. The van der Waals surface area contributed by atoms with Crippen molar-refractivity contribution in [3.05, 3.63) is 53.6 Å². The summed E-state index contributed by atoms with van der Waals surface area (Å²) in [4.78, 5) is 14.9. The molecule has 1 aliphatic heterocycles. The van der Waals surface area contributed by atoms with Crippen molar-refractivity contribution in [2.45, 2.75) is 56.3 Å². The Bertz CT molecular complexity index is 1230. The lowest BCUT2D eigenvalue weighted by atomic mass is 9.86. The zero-order chi connectivity index (χ0) is 27.5. The fourth-order valence-electron chi connectivity index (χ4n) is 5.32. The van der Waals surface area contributed by atoms with Gasteiger partial charge in [0, 0.05) is 31.4 Å². The number of nitrogens with zero attached hydrogens (tertiary/aromatic N) is 2. The molecule has 1 atom stereocenters. The van der Waals surface area contributed by atoms with Crippen LogP contribution in [0.2, 0.25) is 0 Å². The molecule has 4 rings (SSSR count). The van der Waals surface area contributed by atoms with Crippen LogP contribution in [0.3, 0.4) is 0 Å². The molecule has 0 radical (unpaired) electrons. The van der Waals surface area contributed by atoms with Gasteiger partial charge in [-0.25, -0.2) is 13.2 Å². The van der Waals surface area contributed by atoms with E-state index in [1.807, 2.05) is 12.1 Å². The molecule has 2 aromatic rings. The largest absolute Gasteiger partial charge is 0.573 e. The van der Waals surface area contributed by atoms with E-state index in [9.17, 15) is 31.5 Å². The van der Waals surface area contributed by atoms with Crippen molar-refractivity contribution >= 4 is 21.8 Å². The molecule has 2 N–H and O–H groups in total. The quantitative estimate of drug-likeness (QED) is 0.478. The average molecular weight is 556 g/mol. The summed E-state index contributed by atoms with van der Waals surface area (Å²) in [5.41, 5.74) is 2.63. The van der Waals surface area contributed by atoms with Gasteiger partial charge in [-0.15, -0.1) is 13.2 Å². The van der Waals surface area contributed by atoms with Crippen molar-refractivity contribution in [2.24, 2.45) is 5.92 Å². The minimum atomic E-state index is -4.86. The smallest absolute Gasteiger partial charge is 0.465 e. The van der Waals surface area contributed by atoms with E-state index in [1.54, 1.807) is 6.07 Å². The molecule has 2 aliphatic rings. The summed E-state index contributed by atoms with van der Waals surface area (Å²) in [5.74, 6) is -0.0535. The van der Waals surface area contributed by atoms with E-state index in [-0.39, 0.29) is 4.90 Å². The lowest BCUT2D eigenvalue weighted by molar-refractivity contribution is -0.274. The first-order valence-corrected chi connectivity index (χ1v) is 14.1. The molecule has 12 heteroatoms. The highest BCUT2D eigenvalue weighted by Crippen LogP contribution is 2.30. The summed E-state index contributed by atoms with van der Waals surface area (Å²) in [6, 6.07) is 9.81. The Labute approximate surface area is 220 Å². The van der Waals surface area contributed by atoms with Gasteiger partial charge < -0.3 is 19.6 Å². The molecule has 1 saturated heterocycles. The maximum Gasteiger partial charge on any atom is 0.573 e. The van der Waals surface area contributed by atoms with Crippen molar-refractivity contribution < 1.29 is 36.2 Å². The first-order chi connectivity index (χ1) is 17.9. The predicted octanol–water partition coefficient (Wildman–Crippen LogP) is 4.96. The van der Waals surface area contributed by atoms with E-state index in [1.165, 1.54) is 10.5 Å². The molecule has 1 amide bonds. The number of carbonyl (C=O) groups is 1. The number of alkyl halides is 3. The van der Waals surface area contributed by atoms with Crippen LogP contribution in [0, 0.1) is 5.92 Å². The van der Waals surface area contributed by atoms with Gasteiger partial charge in [0.15, 0.2) is 0 Å². The number of halogens is 3. The van der Waals surface area contributed by atoms with Crippen LogP contribution in [0.5, 0.6) is 5.75 Å². The Kier molecular flexibility index (Phi) is 8.41. The fourth-order valence-corrected chi connectivity index (χ4v) is 6.37. The molecule has 1 heterocycles. The van der Waals surface area contributed by atoms with Crippen molar-refractivity contribution in [3.63, 3.8) is 0 Å². The first kappa shape index (κ1) is 28.0. The molecule has 1 aliphatic carbocycles. The van der Waals surface area contributed by atoms with E-state index in [4.69, 9.17) is 0 Å². The number of piperidine rings is 1. The van der Waals surface area contributed by atoms with Crippen LogP contribution in [0.1, 0.15) is 37.3 Å². The molecule has 0 bridgehead atoms. The molecule has 1 unspecified atom stereocenters. The highest BCUT2D eigenvalue weighted by molar-refractivity contribution is 7.92. The Hall–Kier alpha value is -2.99. The number of hydrogen-bond acceptors (Lipinski definition) is 5. The number of sulfonamides is 1. The van der Waals surface area contributed by atoms with E-state index in [0.29, 0.717) is 30.7 Å². The summed E-state index contributed by atoms with van der Waals surface area (Å²) >= 11 is 0. The summed E-state index contributed by atoms with van der Waals surface area (Å²) in [7, 11) is -4.01. The van der Waals surface area contributed by atoms with Gasteiger partial charge in [0.25, 0.3) is 10.0 Å². The minimum Gasteiger partial charge on any atom is -0.465 e. The van der Waals surface area contributed by atoms with Crippen LogP contribution in [0.15, 0.2) is 47.4 Å². The minimum absolute atomic E-state index is 0.172. The number of amides is 1. The van der Waals surface area contributed by atoms with Crippen LogP contribution in [0.4, 0.5) is 23.7 Å². The van der Waals surface area contributed by atoms with E-state index >= 15 is 0 Å². The average Bonchev–Trinajstić information content (AvgIpc) is 2.86. The van der Waals surface area contributed by atoms with Gasteiger partial charge >= 0.3 is 12.5 Å². The standard InChI is InChI=1S/C26H32F3N3O5S/c1-2-31(17-18-11-13-32(14-12-18)25(33)34)22-6-4-19-3-5-21(15-20(19)16-22)30-38(35,36)24-9-7-23(8-10-24)37-26(27,28)29/h3,5,7-10,15,18,22,30H,2,4,6,11-14,16-17H2,1H3,(H,33,34). The van der Waals surface area contributed by atoms with Crippen LogP contribution in [-0.2, 0) is 22.9 Å². The Morgan fingerprint density at radius 2 is 1.79 bits per heavy atom. The van der Waals surface area contributed by atoms with Gasteiger partial charge in [0.05, 0.1) is 4.90 Å². The SMILES string of the molecule is CCN(CC1CCN(C(=O)O)CC1)C1CCc2ccc(NS(=O)(=O)c3ccc(OC(F)(F)F)cc3)cc2C1. The second-order valence-electron chi connectivity index (χ2n) is 9.81. The first-order valence-electron chi connectivity index (χ1n) is 12.7. The number of hydrogen-bond donors (Lipinski definition) is 2. The Balaban J connectivity index is 1.40. The number of carboxylic acid groups (broad SMARTS) is 1. The van der Waals surface area contributed by atoms with Crippen LogP contribution in [-0.4, -0.2) is 68.0 Å². The van der Waals surface area contributed by atoms with Crippen molar-refractivity contribution in [3.8, 4) is 5.75 Å². The van der Waals surface area contributed by atoms with Crippen molar-refractivity contribution in [1.82, 2.24) is 9.80 Å². The molecule has 0 aromatic heterocycles. The van der Waals surface area contributed by atoms with E-state index in [0.717, 1.165) is 75.0 Å². The van der Waals surface area contributed by atoms with Crippen LogP contribution >= 0.6 is 0 Å². The van der Waals surface area contributed by atoms with Crippen molar-refractivity contribution in [1.29, 1.82) is 0 Å². The number of rotatable bonds is 8. The van der Waals surface area contributed by atoms with Gasteiger partial charge in [-0.1, -0.05) is 13.0 Å². The van der Waals surface area contributed by atoms with Gasteiger partial charge in [-0.2, -0.15) is 0 Å². The van der Waals surface area contributed by atoms with E-state index in [2.05, 4.69) is 21.3 Å². The van der Waals surface area contributed by atoms with Gasteiger partial charge in [0.1, 0.15) is 5.75 Å². The highest BCUT2D eigenvalue weighted by Gasteiger charge is 2.31. The molecule has 2 aromatic carbocycles. The lowest BCUT2D eigenvalue weighted by Crippen LogP contribution is -2.45. The number of aryl methyl sites for hydroxylation is 1. The second kappa shape index (κ2) is 11.4. The molecular formula is C26H32F3N3O5S. The normalized spacial score (nSPS) is 18.8. The van der Waals surface area contributed by atoms with Gasteiger partial charge in [-0.3, -0.25) is 4.72 Å². The number of ether oxygens (including phenoxy) is 1. The lowest BCUT2D eigenvalue weighted by Gasteiger charge is -2.39. The third-order valence-electron chi connectivity index (χ3n) is 7.33.